The van der Waals surface area contributed by atoms with Gasteiger partial charge in [0.2, 0.25) is 5.91 Å². The van der Waals surface area contributed by atoms with Crippen LogP contribution in [-0.4, -0.2) is 55.3 Å². The molecule has 4 aliphatic rings. The Hall–Kier alpha value is -1.92. The van der Waals surface area contributed by atoms with E-state index in [2.05, 4.69) is 0 Å². The number of hydrogen-bond donors (Lipinski definition) is 0. The van der Waals surface area contributed by atoms with Crippen molar-refractivity contribution in [2.75, 3.05) is 37.7 Å². The normalized spacial score (nSPS) is 24.1. The van der Waals surface area contributed by atoms with Gasteiger partial charge in [0, 0.05) is 38.0 Å². The molecule has 4 aliphatic heterocycles. The van der Waals surface area contributed by atoms with E-state index in [4.69, 9.17) is 9.47 Å². The van der Waals surface area contributed by atoms with Crippen LogP contribution in [0.2, 0.25) is 0 Å². The van der Waals surface area contributed by atoms with E-state index in [1.165, 1.54) is 0 Å². The maximum atomic E-state index is 13.0. The number of aryl methyl sites for hydroxylation is 1. The molecule has 5 rings (SSSR count). The van der Waals surface area contributed by atoms with Crippen LogP contribution in [-0.2, 0) is 27.1 Å². The Labute approximate surface area is 146 Å². The van der Waals surface area contributed by atoms with Gasteiger partial charge in [-0.05, 0) is 36.1 Å². The molecule has 0 aliphatic carbocycles. The lowest BCUT2D eigenvalue weighted by molar-refractivity contribution is -0.181. The first-order valence-corrected chi connectivity index (χ1v) is 9.19. The van der Waals surface area contributed by atoms with Crippen molar-refractivity contribution >= 4 is 17.5 Å². The summed E-state index contributed by atoms with van der Waals surface area (Å²) in [5.74, 6) is -0.243. The average Bonchev–Trinajstić information content (AvgIpc) is 3.21. The van der Waals surface area contributed by atoms with Gasteiger partial charge in [0.15, 0.2) is 5.79 Å². The fourth-order valence-corrected chi connectivity index (χ4v) is 4.62. The largest absolute Gasteiger partial charge is 0.347 e. The van der Waals surface area contributed by atoms with Crippen molar-refractivity contribution < 1.29 is 19.1 Å². The monoisotopic (exact) mass is 342 g/mol. The van der Waals surface area contributed by atoms with E-state index in [-0.39, 0.29) is 11.8 Å². The van der Waals surface area contributed by atoms with Gasteiger partial charge in [0.05, 0.1) is 25.3 Å². The maximum absolute atomic E-state index is 13.0. The van der Waals surface area contributed by atoms with E-state index >= 15 is 0 Å². The molecule has 6 heteroatoms. The minimum atomic E-state index is -0.465. The summed E-state index contributed by atoms with van der Waals surface area (Å²) < 4.78 is 11.5. The molecule has 132 valence electrons. The van der Waals surface area contributed by atoms with E-state index < -0.39 is 5.79 Å². The van der Waals surface area contributed by atoms with Crippen LogP contribution in [0.25, 0.3) is 0 Å². The van der Waals surface area contributed by atoms with Crippen molar-refractivity contribution in [2.24, 2.45) is 0 Å². The third-order valence-electron chi connectivity index (χ3n) is 5.88. The molecule has 2 saturated heterocycles. The number of benzene rings is 1. The average molecular weight is 342 g/mol. The van der Waals surface area contributed by atoms with E-state index in [0.29, 0.717) is 32.7 Å². The Bertz CT molecular complexity index is 744. The minimum Gasteiger partial charge on any atom is -0.347 e. The SMILES string of the molecule is O=C(c1cc2c3c(c1)CC(=O)N3CCC2)N1CCC2(CC1)OCCO2. The Kier molecular flexibility index (Phi) is 3.40. The summed E-state index contributed by atoms with van der Waals surface area (Å²) in [7, 11) is 0. The Morgan fingerprint density at radius 3 is 2.52 bits per heavy atom. The van der Waals surface area contributed by atoms with Gasteiger partial charge in [-0.25, -0.2) is 0 Å². The second kappa shape index (κ2) is 5.54. The molecule has 0 aromatic heterocycles. The molecule has 0 atom stereocenters. The first-order valence-electron chi connectivity index (χ1n) is 9.19. The fourth-order valence-electron chi connectivity index (χ4n) is 4.62. The Balaban J connectivity index is 1.38. The third-order valence-corrected chi connectivity index (χ3v) is 5.88. The predicted octanol–water partition coefficient (Wildman–Crippen LogP) is 1.50. The van der Waals surface area contributed by atoms with Crippen molar-refractivity contribution in [3.63, 3.8) is 0 Å². The minimum absolute atomic E-state index is 0.0587. The zero-order chi connectivity index (χ0) is 17.0. The third kappa shape index (κ3) is 2.39. The van der Waals surface area contributed by atoms with Gasteiger partial charge >= 0.3 is 0 Å². The molecular formula is C19H22N2O4. The molecule has 0 bridgehead atoms. The molecule has 1 aromatic carbocycles. The highest BCUT2D eigenvalue weighted by Gasteiger charge is 2.41. The summed E-state index contributed by atoms with van der Waals surface area (Å²) in [6, 6.07) is 3.93. The van der Waals surface area contributed by atoms with Gasteiger partial charge in [-0.1, -0.05) is 0 Å². The van der Waals surface area contributed by atoms with E-state index in [0.717, 1.165) is 54.6 Å². The summed E-state index contributed by atoms with van der Waals surface area (Å²) in [6.45, 7) is 3.40. The molecular weight excluding hydrogens is 320 g/mol. The molecule has 4 heterocycles. The van der Waals surface area contributed by atoms with Gasteiger partial charge in [0.25, 0.3) is 5.91 Å². The zero-order valence-electron chi connectivity index (χ0n) is 14.3. The number of carbonyl (C=O) groups is 2. The summed E-state index contributed by atoms with van der Waals surface area (Å²) in [6.07, 6.45) is 3.79. The molecule has 0 N–H and O–H groups in total. The van der Waals surface area contributed by atoms with E-state index in [1.54, 1.807) is 0 Å². The second-order valence-corrected chi connectivity index (χ2v) is 7.37. The van der Waals surface area contributed by atoms with E-state index in [9.17, 15) is 9.59 Å². The Morgan fingerprint density at radius 1 is 1.04 bits per heavy atom. The molecule has 2 fully saturated rings. The summed E-state index contributed by atoms with van der Waals surface area (Å²) in [4.78, 5) is 29.0. The number of piperidine rings is 1. The maximum Gasteiger partial charge on any atom is 0.253 e. The quantitative estimate of drug-likeness (QED) is 0.776. The van der Waals surface area contributed by atoms with Crippen LogP contribution in [0.4, 0.5) is 5.69 Å². The first kappa shape index (κ1) is 15.3. The Morgan fingerprint density at radius 2 is 1.76 bits per heavy atom. The molecule has 0 saturated carbocycles. The molecule has 0 unspecified atom stereocenters. The predicted molar refractivity (Wildman–Crippen MR) is 90.6 cm³/mol. The highest BCUT2D eigenvalue weighted by molar-refractivity contribution is 6.04. The van der Waals surface area contributed by atoms with Gasteiger partial charge in [-0.15, -0.1) is 0 Å². The van der Waals surface area contributed by atoms with Crippen LogP contribution in [0, 0.1) is 0 Å². The highest BCUT2D eigenvalue weighted by Crippen LogP contribution is 2.38. The van der Waals surface area contributed by atoms with Crippen LogP contribution in [0.1, 0.15) is 40.7 Å². The van der Waals surface area contributed by atoms with Crippen LogP contribution >= 0.6 is 0 Å². The second-order valence-electron chi connectivity index (χ2n) is 7.37. The first-order chi connectivity index (χ1) is 12.2. The lowest BCUT2D eigenvalue weighted by Crippen LogP contribution is -2.47. The topological polar surface area (TPSA) is 59.1 Å². The lowest BCUT2D eigenvalue weighted by Gasteiger charge is -2.37. The van der Waals surface area contributed by atoms with Gasteiger partial charge in [-0.3, -0.25) is 9.59 Å². The van der Waals surface area contributed by atoms with Crippen LogP contribution in [0.5, 0.6) is 0 Å². The summed E-state index contributed by atoms with van der Waals surface area (Å²) in [5.41, 5.74) is 3.95. The zero-order valence-corrected chi connectivity index (χ0v) is 14.3. The van der Waals surface area contributed by atoms with E-state index in [1.807, 2.05) is 21.9 Å². The van der Waals surface area contributed by atoms with Crippen LogP contribution < -0.4 is 4.90 Å². The summed E-state index contributed by atoms with van der Waals surface area (Å²) >= 11 is 0. The van der Waals surface area contributed by atoms with Gasteiger partial charge < -0.3 is 19.3 Å². The molecule has 25 heavy (non-hydrogen) atoms. The molecule has 6 nitrogen and oxygen atoms in total. The fraction of sp³-hybridized carbons (Fsp3) is 0.579. The number of nitrogens with zero attached hydrogens (tertiary/aromatic N) is 2. The molecule has 1 spiro atoms. The van der Waals surface area contributed by atoms with Crippen molar-refractivity contribution in [1.82, 2.24) is 4.90 Å². The van der Waals surface area contributed by atoms with Crippen LogP contribution in [0.3, 0.4) is 0 Å². The number of rotatable bonds is 1. The number of hydrogen-bond acceptors (Lipinski definition) is 4. The molecule has 0 radical (unpaired) electrons. The van der Waals surface area contributed by atoms with Crippen LogP contribution in [0.15, 0.2) is 12.1 Å². The van der Waals surface area contributed by atoms with Crippen molar-refractivity contribution in [2.45, 2.75) is 37.9 Å². The van der Waals surface area contributed by atoms with Crippen molar-refractivity contribution in [3.05, 3.63) is 28.8 Å². The number of amides is 2. The number of anilines is 1. The lowest BCUT2D eigenvalue weighted by atomic mass is 9.95. The van der Waals surface area contributed by atoms with Gasteiger partial charge in [-0.2, -0.15) is 0 Å². The number of likely N-dealkylation sites (tertiary alicyclic amines) is 1. The van der Waals surface area contributed by atoms with Crippen molar-refractivity contribution in [1.29, 1.82) is 0 Å². The summed E-state index contributed by atoms with van der Waals surface area (Å²) in [5, 5.41) is 0. The van der Waals surface area contributed by atoms with Gasteiger partial charge in [0.1, 0.15) is 0 Å². The number of carbonyl (C=O) groups excluding carboxylic acids is 2. The standard InChI is InChI=1S/C19H22N2O4/c22-16-12-14-11-15(10-13-2-1-5-21(16)17(13)14)18(23)20-6-3-19(4-7-20)24-8-9-25-19/h10-11H,1-9,12H2. The number of ether oxygens (including phenoxy) is 2. The van der Waals surface area contributed by atoms with Crippen molar-refractivity contribution in [3.8, 4) is 0 Å². The highest BCUT2D eigenvalue weighted by atomic mass is 16.7. The molecule has 2 amide bonds. The smallest absolute Gasteiger partial charge is 0.253 e. The molecule has 1 aromatic rings.